The first-order valence-electron chi connectivity index (χ1n) is 6.45. The Balaban J connectivity index is 2.31. The minimum Gasteiger partial charge on any atom is -0.508 e. The van der Waals surface area contributed by atoms with Crippen LogP contribution in [-0.2, 0) is 4.74 Å². The fourth-order valence-electron chi connectivity index (χ4n) is 2.09. The van der Waals surface area contributed by atoms with Gasteiger partial charge in [0, 0.05) is 16.3 Å². The molecule has 0 saturated heterocycles. The first-order valence-corrected chi connectivity index (χ1v) is 6.83. The van der Waals surface area contributed by atoms with Crippen molar-refractivity contribution in [2.45, 2.75) is 13.0 Å². The van der Waals surface area contributed by atoms with Crippen LogP contribution in [0, 0.1) is 0 Å². The maximum Gasteiger partial charge on any atom is 0.340 e. The van der Waals surface area contributed by atoms with Crippen LogP contribution in [0.1, 0.15) is 28.9 Å². The molecule has 0 aliphatic rings. The second-order valence-electron chi connectivity index (χ2n) is 4.61. The Morgan fingerprint density at radius 2 is 2.00 bits per heavy atom. The number of hydrogen-bond acceptors (Lipinski definition) is 4. The van der Waals surface area contributed by atoms with Crippen molar-refractivity contribution in [3.05, 3.63) is 58.6 Å². The number of halogens is 1. The molecule has 21 heavy (non-hydrogen) atoms. The number of ether oxygens (including phenoxy) is 1. The van der Waals surface area contributed by atoms with Crippen molar-refractivity contribution >= 4 is 23.3 Å². The van der Waals surface area contributed by atoms with E-state index in [1.54, 1.807) is 30.3 Å². The molecule has 4 nitrogen and oxygen atoms in total. The van der Waals surface area contributed by atoms with E-state index in [1.165, 1.54) is 7.11 Å². The highest BCUT2D eigenvalue weighted by Gasteiger charge is 2.16. The lowest BCUT2D eigenvalue weighted by atomic mass is 10.1. The number of carbonyl (C=O) groups excluding carboxylic acids is 1. The largest absolute Gasteiger partial charge is 0.508 e. The van der Waals surface area contributed by atoms with Gasteiger partial charge in [0.15, 0.2) is 0 Å². The Bertz CT molecular complexity index is 658. The topological polar surface area (TPSA) is 58.6 Å². The predicted molar refractivity (Wildman–Crippen MR) is 82.9 cm³/mol. The normalized spacial score (nSPS) is 11.8. The fraction of sp³-hybridized carbons (Fsp3) is 0.188. The second-order valence-corrected chi connectivity index (χ2v) is 5.04. The molecule has 0 aliphatic carbocycles. The van der Waals surface area contributed by atoms with Crippen molar-refractivity contribution in [3.8, 4) is 5.75 Å². The van der Waals surface area contributed by atoms with Gasteiger partial charge in [-0.1, -0.05) is 29.8 Å². The molecule has 0 bridgehead atoms. The Kier molecular flexibility index (Phi) is 4.70. The van der Waals surface area contributed by atoms with Gasteiger partial charge in [-0.25, -0.2) is 4.79 Å². The Labute approximate surface area is 128 Å². The third-order valence-corrected chi connectivity index (χ3v) is 3.40. The average Bonchev–Trinajstić information content (AvgIpc) is 2.48. The lowest BCUT2D eigenvalue weighted by Crippen LogP contribution is -2.12. The highest BCUT2D eigenvalue weighted by Crippen LogP contribution is 2.29. The van der Waals surface area contributed by atoms with Gasteiger partial charge in [0.1, 0.15) is 5.75 Å². The maximum absolute atomic E-state index is 11.8. The van der Waals surface area contributed by atoms with E-state index in [0.29, 0.717) is 16.3 Å². The van der Waals surface area contributed by atoms with Gasteiger partial charge in [-0.3, -0.25) is 0 Å². The summed E-state index contributed by atoms with van der Waals surface area (Å²) in [6, 6.07) is 11.8. The van der Waals surface area contributed by atoms with E-state index in [9.17, 15) is 9.90 Å². The van der Waals surface area contributed by atoms with E-state index in [0.717, 1.165) is 5.56 Å². The predicted octanol–water partition coefficient (Wildman–Crippen LogP) is 4.01. The lowest BCUT2D eigenvalue weighted by molar-refractivity contribution is 0.0602. The number of carbonyl (C=O) groups is 1. The molecule has 0 heterocycles. The number of hydrogen-bond donors (Lipinski definition) is 2. The van der Waals surface area contributed by atoms with Crippen molar-refractivity contribution in [2.75, 3.05) is 12.4 Å². The van der Waals surface area contributed by atoms with Crippen LogP contribution in [-0.4, -0.2) is 18.2 Å². The van der Waals surface area contributed by atoms with Gasteiger partial charge >= 0.3 is 5.97 Å². The molecule has 0 fully saturated rings. The minimum atomic E-state index is -0.468. The van der Waals surface area contributed by atoms with Gasteiger partial charge < -0.3 is 15.2 Å². The van der Waals surface area contributed by atoms with Crippen LogP contribution < -0.4 is 5.32 Å². The SMILES string of the molecule is COC(=O)c1cc(Cl)ccc1NC(C)c1ccccc1O. The van der Waals surface area contributed by atoms with E-state index < -0.39 is 5.97 Å². The molecule has 1 unspecified atom stereocenters. The average molecular weight is 306 g/mol. The highest BCUT2D eigenvalue weighted by molar-refractivity contribution is 6.31. The summed E-state index contributed by atoms with van der Waals surface area (Å²) in [5.41, 5.74) is 1.69. The van der Waals surface area contributed by atoms with Gasteiger partial charge in [-0.2, -0.15) is 0 Å². The van der Waals surface area contributed by atoms with E-state index in [1.807, 2.05) is 19.1 Å². The highest BCUT2D eigenvalue weighted by atomic mass is 35.5. The standard InChI is InChI=1S/C16H16ClNO3/c1-10(12-5-3-4-6-15(12)19)18-14-8-7-11(17)9-13(14)16(20)21-2/h3-10,18-19H,1-2H3. The Hall–Kier alpha value is -2.20. The van der Waals surface area contributed by atoms with E-state index in [2.05, 4.69) is 5.32 Å². The second kappa shape index (κ2) is 6.50. The van der Waals surface area contributed by atoms with Crippen LogP contribution in [0.25, 0.3) is 0 Å². The molecule has 0 aromatic heterocycles. The number of nitrogens with one attached hydrogen (secondary N) is 1. The molecule has 2 rings (SSSR count). The molecule has 1 atom stereocenters. The van der Waals surface area contributed by atoms with Crippen molar-refractivity contribution in [2.24, 2.45) is 0 Å². The molecule has 2 N–H and O–H groups in total. The maximum atomic E-state index is 11.8. The molecule has 0 saturated carbocycles. The molecule has 2 aromatic carbocycles. The molecule has 0 aliphatic heterocycles. The van der Waals surface area contributed by atoms with Crippen molar-refractivity contribution < 1.29 is 14.6 Å². The van der Waals surface area contributed by atoms with Crippen molar-refractivity contribution in [1.29, 1.82) is 0 Å². The number of esters is 1. The number of phenolic OH excluding ortho intramolecular Hbond substituents is 1. The monoisotopic (exact) mass is 305 g/mol. The summed E-state index contributed by atoms with van der Waals surface area (Å²) in [5, 5.41) is 13.5. The zero-order valence-electron chi connectivity index (χ0n) is 11.8. The molecular weight excluding hydrogens is 290 g/mol. The molecule has 0 radical (unpaired) electrons. The molecule has 0 amide bonds. The zero-order valence-corrected chi connectivity index (χ0v) is 12.5. The van der Waals surface area contributed by atoms with Crippen LogP contribution in [0.15, 0.2) is 42.5 Å². The summed E-state index contributed by atoms with van der Waals surface area (Å²) in [7, 11) is 1.32. The van der Waals surface area contributed by atoms with Gasteiger partial charge in [0.25, 0.3) is 0 Å². The molecular formula is C16H16ClNO3. The number of benzene rings is 2. The number of methoxy groups -OCH3 is 1. The van der Waals surface area contributed by atoms with E-state index in [4.69, 9.17) is 16.3 Å². The smallest absolute Gasteiger partial charge is 0.340 e. The molecule has 0 spiro atoms. The first-order chi connectivity index (χ1) is 10.0. The number of para-hydroxylation sites is 1. The fourth-order valence-corrected chi connectivity index (χ4v) is 2.26. The Morgan fingerprint density at radius 1 is 1.29 bits per heavy atom. The number of anilines is 1. The van der Waals surface area contributed by atoms with Gasteiger partial charge in [0.2, 0.25) is 0 Å². The quantitative estimate of drug-likeness (QED) is 0.838. The van der Waals surface area contributed by atoms with Crippen LogP contribution in [0.5, 0.6) is 5.75 Å². The van der Waals surface area contributed by atoms with Crippen molar-refractivity contribution in [3.63, 3.8) is 0 Å². The summed E-state index contributed by atoms with van der Waals surface area (Å²) in [6.07, 6.45) is 0. The number of aromatic hydroxyl groups is 1. The van der Waals surface area contributed by atoms with Gasteiger partial charge in [-0.05, 0) is 31.2 Å². The van der Waals surface area contributed by atoms with Crippen LogP contribution >= 0.6 is 11.6 Å². The Morgan fingerprint density at radius 3 is 2.67 bits per heavy atom. The molecule has 5 heteroatoms. The number of rotatable bonds is 4. The molecule has 110 valence electrons. The van der Waals surface area contributed by atoms with Crippen molar-refractivity contribution in [1.82, 2.24) is 0 Å². The van der Waals surface area contributed by atoms with Crippen LogP contribution in [0.4, 0.5) is 5.69 Å². The summed E-state index contributed by atoms with van der Waals surface area (Å²) in [5.74, 6) is -0.268. The first kappa shape index (κ1) is 15.2. The van der Waals surface area contributed by atoms with Gasteiger partial charge in [0.05, 0.1) is 18.7 Å². The third-order valence-electron chi connectivity index (χ3n) is 3.16. The third kappa shape index (κ3) is 3.47. The summed E-state index contributed by atoms with van der Waals surface area (Å²) < 4.78 is 4.76. The zero-order chi connectivity index (χ0) is 15.4. The van der Waals surface area contributed by atoms with Gasteiger partial charge in [-0.15, -0.1) is 0 Å². The number of phenols is 1. The summed E-state index contributed by atoms with van der Waals surface area (Å²) >= 11 is 5.92. The lowest BCUT2D eigenvalue weighted by Gasteiger charge is -2.18. The summed E-state index contributed by atoms with van der Waals surface area (Å²) in [6.45, 7) is 1.89. The van der Waals surface area contributed by atoms with Crippen LogP contribution in [0.3, 0.4) is 0 Å². The van der Waals surface area contributed by atoms with E-state index in [-0.39, 0.29) is 11.8 Å². The van der Waals surface area contributed by atoms with Crippen LogP contribution in [0.2, 0.25) is 5.02 Å². The molecule has 2 aromatic rings. The summed E-state index contributed by atoms with van der Waals surface area (Å²) in [4.78, 5) is 11.8. The van der Waals surface area contributed by atoms with E-state index >= 15 is 0 Å². The minimum absolute atomic E-state index is 0.184.